The van der Waals surface area contributed by atoms with Crippen LogP contribution < -0.4 is 37.2 Å². The lowest BCUT2D eigenvalue weighted by molar-refractivity contribution is -0.235. The van der Waals surface area contributed by atoms with Crippen molar-refractivity contribution in [3.05, 3.63) is 119 Å². The number of nitrogens with one attached hydrogen (secondary N) is 5. The molecule has 12 atom stereocenters. The van der Waals surface area contributed by atoms with Crippen LogP contribution in [0.25, 0.3) is 11.1 Å². The van der Waals surface area contributed by atoms with E-state index in [1.807, 2.05) is 37.3 Å². The number of anilines is 2. The van der Waals surface area contributed by atoms with Crippen LogP contribution in [0, 0.1) is 28.6 Å². The van der Waals surface area contributed by atoms with Crippen molar-refractivity contribution < 1.29 is 99.7 Å². The molecule has 0 bridgehead atoms. The van der Waals surface area contributed by atoms with Gasteiger partial charge in [0, 0.05) is 74.4 Å². The molecule has 0 radical (unpaired) electrons. The second-order valence-corrected chi connectivity index (χ2v) is 30.0. The van der Waals surface area contributed by atoms with E-state index in [2.05, 4.69) is 44.8 Å². The summed E-state index contributed by atoms with van der Waals surface area (Å²) in [5.74, 6) is -5.79. The number of fused-ring (bicyclic) bond motifs is 11. The van der Waals surface area contributed by atoms with Crippen LogP contribution in [0.15, 0.2) is 96.6 Å². The summed E-state index contributed by atoms with van der Waals surface area (Å²) in [7, 11) is 2.77. The molecular formula is C80H105F2N9O19. The number of nitrogens with two attached hydrogens (primary N) is 1. The van der Waals surface area contributed by atoms with Crippen LogP contribution in [-0.4, -0.2) is 222 Å². The second kappa shape index (κ2) is 37.4. The van der Waals surface area contributed by atoms with Crippen LogP contribution in [-0.2, 0) is 89.4 Å². The lowest BCUT2D eigenvalue weighted by atomic mass is 9.44. The van der Waals surface area contributed by atoms with Gasteiger partial charge in [-0.15, -0.1) is 0 Å². The molecule has 10 rings (SSSR count). The first-order chi connectivity index (χ1) is 52.6. The van der Waals surface area contributed by atoms with Crippen molar-refractivity contribution in [1.82, 2.24) is 31.1 Å². The fraction of sp³-hybridized carbons (Fsp3) is 0.575. The summed E-state index contributed by atoms with van der Waals surface area (Å²) >= 11 is 0. The highest BCUT2D eigenvalue weighted by atomic mass is 19.1. The van der Waals surface area contributed by atoms with E-state index < -0.39 is 137 Å². The first kappa shape index (κ1) is 83.6. The molecule has 2 heterocycles. The predicted molar refractivity (Wildman–Crippen MR) is 399 cm³/mol. The Bertz CT molecular complexity index is 3950. The number of benzene rings is 3. The second-order valence-electron chi connectivity index (χ2n) is 30.0. The van der Waals surface area contributed by atoms with Gasteiger partial charge in [-0.05, 0) is 127 Å². The highest BCUT2D eigenvalue weighted by Crippen LogP contribution is 2.72. The number of likely N-dealkylation sites (N-methyl/N-ethyl adjacent to an activating group) is 2. The maximum absolute atomic E-state index is 18.0. The molecular weight excluding hydrogens is 1430 g/mol. The number of urea groups is 1. The molecule has 598 valence electrons. The van der Waals surface area contributed by atoms with Crippen molar-refractivity contribution in [3.63, 3.8) is 0 Å². The van der Waals surface area contributed by atoms with Crippen molar-refractivity contribution in [2.45, 2.75) is 166 Å². The van der Waals surface area contributed by atoms with Gasteiger partial charge in [-0.3, -0.25) is 38.4 Å². The van der Waals surface area contributed by atoms with Gasteiger partial charge in [-0.25, -0.2) is 18.4 Å². The number of aliphatic hydroxyl groups is 1. The zero-order chi connectivity index (χ0) is 79.1. The Labute approximate surface area is 639 Å². The van der Waals surface area contributed by atoms with E-state index in [0.29, 0.717) is 50.5 Å². The molecule has 3 aromatic carbocycles. The van der Waals surface area contributed by atoms with E-state index in [-0.39, 0.29) is 128 Å². The number of carbonyl (C=O) groups is 10. The van der Waals surface area contributed by atoms with Crippen molar-refractivity contribution in [2.24, 2.45) is 34.3 Å². The molecule has 28 nitrogen and oxygen atoms in total. The predicted octanol–water partition coefficient (Wildman–Crippen LogP) is 6.69. The standard InChI is InChI=1S/C80H105F2N9O19/c1-8-14-71-109-66-42-58-59-41-61(81)60-39-53(92)26-28-77(60,4)79(59,82)64(93)43-78(58,5)80(66,110-71)65(94)47-107-48-90(7)70(98)45-89(6)76(102)108-46-50-20-22-52(23-21-50)86-73(99)62(18-13-29-85-75(83)101)87-74(100)72(49(2)3)88-68(96)27-31-103-33-35-105-37-38-106-36-34-104-32-30-84-67(95)24-25-69(97)91-44-51-15-9-10-16-54(51)56-40-57(56)55-17-11-12-19-63(55)91/h9-12,15-17,19-23,26,28,39,49,58-59,61-62,64,66,71-72,93H,8,13-14,18,24-25,27,29-38,40-48H2,1-7H3,(H,84,95)(H,86,99)(H,87,100)(H,88,96)(H3,83,85,101)/t58-,59-,61-,62-,64-,66+,71?,72-,77-,78-,79-,80+/m0/s1. The first-order valence-electron chi connectivity index (χ1n) is 38.0. The van der Waals surface area contributed by atoms with E-state index in [1.54, 1.807) is 49.9 Å². The van der Waals surface area contributed by atoms with Crippen LogP contribution in [0.4, 0.5) is 29.7 Å². The zero-order valence-corrected chi connectivity index (χ0v) is 63.7. The Kier molecular flexibility index (Phi) is 28.4. The molecule has 4 fully saturated rings. The van der Waals surface area contributed by atoms with Gasteiger partial charge in [-0.2, -0.15) is 0 Å². The van der Waals surface area contributed by atoms with E-state index in [4.69, 9.17) is 43.6 Å². The number of nitrogens with zero attached hydrogens (tertiary/aromatic N) is 3. The maximum Gasteiger partial charge on any atom is 0.410 e. The molecule has 7 aliphatic rings. The number of ketones is 2. The van der Waals surface area contributed by atoms with E-state index >= 15 is 8.78 Å². The Balaban J connectivity index is 0.583. The van der Waals surface area contributed by atoms with E-state index in [9.17, 15) is 53.1 Å². The Morgan fingerprint density at radius 1 is 0.764 bits per heavy atom. The van der Waals surface area contributed by atoms with Crippen molar-refractivity contribution in [1.29, 1.82) is 0 Å². The topological polar surface area (TPSA) is 361 Å². The van der Waals surface area contributed by atoms with Crippen LogP contribution in [0.5, 0.6) is 0 Å². The fourth-order valence-corrected chi connectivity index (χ4v) is 16.4. The van der Waals surface area contributed by atoms with Crippen LogP contribution in [0.3, 0.4) is 0 Å². The third kappa shape index (κ3) is 19.2. The van der Waals surface area contributed by atoms with Gasteiger partial charge in [0.1, 0.15) is 44.7 Å². The zero-order valence-electron chi connectivity index (χ0n) is 63.7. The van der Waals surface area contributed by atoms with Crippen LogP contribution >= 0.6 is 0 Å². The smallest absolute Gasteiger partial charge is 0.410 e. The van der Waals surface area contributed by atoms with Crippen LogP contribution in [0.2, 0.25) is 0 Å². The molecule has 1 unspecified atom stereocenters. The normalized spacial score (nSPS) is 25.1. The largest absolute Gasteiger partial charge is 0.445 e. The number of alkyl halides is 2. The highest BCUT2D eigenvalue weighted by Gasteiger charge is 2.80. The Hall–Kier alpha value is -8.88. The van der Waals surface area contributed by atoms with E-state index in [1.165, 1.54) is 49.9 Å². The number of primary amides is 1. The molecule has 3 aromatic rings. The number of hydrogen-bond acceptors (Lipinski definition) is 19. The van der Waals surface area contributed by atoms with Crippen LogP contribution in [0.1, 0.15) is 128 Å². The summed E-state index contributed by atoms with van der Waals surface area (Å²) < 4.78 is 80.8. The van der Waals surface area contributed by atoms with Gasteiger partial charge in [0.2, 0.25) is 35.4 Å². The molecule has 9 amide bonds. The first-order valence-corrected chi connectivity index (χ1v) is 38.0. The number of allylic oxidation sites excluding steroid dienone is 6. The lowest BCUT2D eigenvalue weighted by Gasteiger charge is -2.63. The molecule has 30 heteroatoms. The molecule has 0 spiro atoms. The van der Waals surface area contributed by atoms with Crippen molar-refractivity contribution in [2.75, 3.05) is 110 Å². The Morgan fingerprint density at radius 2 is 1.44 bits per heavy atom. The number of Topliss-reactive ketones (excluding diaryl/α,β-unsaturated/α-hetero) is 1. The number of ether oxygens (including phenoxy) is 8. The third-order valence-electron chi connectivity index (χ3n) is 22.2. The summed E-state index contributed by atoms with van der Waals surface area (Å²) in [6, 6.07) is 19.4. The summed E-state index contributed by atoms with van der Waals surface area (Å²) in [5, 5.41) is 25.5. The SMILES string of the molecule is CCCC1O[C@@H]2C[C@H]3[C@@H]4C[C@H](F)C5=CC(=O)C=C[C@]5(C)[C@@]4(F)[C@@H](O)C[C@]3(C)[C@]2(C(=O)COCN(C)C(=O)CN(C)C(=O)OCc2ccc(NC(=O)[C@H](CCCNC(N)=O)NC(=O)[C@@H](NC(=O)CCOCCOCCOCCOCCNC(=O)CCC(=O)N3Cc4ccccc4C4=C(C4)c4ccccc43)C(C)C)cc2)O1. The maximum atomic E-state index is 18.0. The molecule has 1 saturated heterocycles. The van der Waals surface area contributed by atoms with Gasteiger partial charge >= 0.3 is 12.1 Å². The summed E-state index contributed by atoms with van der Waals surface area (Å²) in [6.07, 6.45) is -0.248. The number of carbonyl (C=O) groups excluding carboxylic acids is 10. The number of halogens is 2. The quantitative estimate of drug-likeness (QED) is 0.0231. The summed E-state index contributed by atoms with van der Waals surface area (Å²) in [5.41, 5.74) is 5.87. The fourth-order valence-electron chi connectivity index (χ4n) is 16.4. The molecule has 2 aliphatic heterocycles. The van der Waals surface area contributed by atoms with E-state index in [0.717, 1.165) is 39.1 Å². The molecule has 0 aromatic heterocycles. The summed E-state index contributed by atoms with van der Waals surface area (Å²) in [4.78, 5) is 136. The lowest BCUT2D eigenvalue weighted by Crippen LogP contribution is -2.71. The molecule has 110 heavy (non-hydrogen) atoms. The number of hydrogen-bond donors (Lipinski definition) is 7. The molecule has 8 N–H and O–H groups in total. The molecule has 3 saturated carbocycles. The number of amides is 9. The van der Waals surface area contributed by atoms with Gasteiger partial charge in [0.05, 0.1) is 77.3 Å². The van der Waals surface area contributed by atoms with Gasteiger partial charge in [-0.1, -0.05) is 94.8 Å². The minimum Gasteiger partial charge on any atom is -0.445 e. The summed E-state index contributed by atoms with van der Waals surface area (Å²) in [6.45, 7) is 9.74. The molecule has 5 aliphatic carbocycles. The Morgan fingerprint density at radius 3 is 2.14 bits per heavy atom. The minimum absolute atomic E-state index is 0.0154. The monoisotopic (exact) mass is 1530 g/mol. The average Bonchev–Trinajstić information content (AvgIpc) is 1.44. The minimum atomic E-state index is -2.38. The van der Waals surface area contributed by atoms with Crippen molar-refractivity contribution in [3.8, 4) is 0 Å². The number of para-hydroxylation sites is 1. The third-order valence-corrected chi connectivity index (χ3v) is 22.2. The van der Waals surface area contributed by atoms with Crippen molar-refractivity contribution >= 4 is 81.7 Å². The average molecular weight is 1530 g/mol. The highest BCUT2D eigenvalue weighted by molar-refractivity contribution is 6.13. The number of rotatable bonds is 39. The van der Waals surface area contributed by atoms with Gasteiger partial charge in [0.15, 0.2) is 29.1 Å². The number of aliphatic hydroxyl groups excluding tert-OH is 1. The van der Waals surface area contributed by atoms with Gasteiger partial charge in [0.25, 0.3) is 0 Å². The van der Waals surface area contributed by atoms with Gasteiger partial charge < -0.3 is 90.0 Å².